The number of hydrogen-bond donors (Lipinski definition) is 1. The quantitative estimate of drug-likeness (QED) is 0.418. The Balaban J connectivity index is 2.22. The van der Waals surface area contributed by atoms with Crippen molar-refractivity contribution in [2.45, 2.75) is 52.6 Å². The standard InChI is InChI=1S/C25H33Cl2N3O4S/c1-5-23(25(32)28-6-2)29(17-19-12-13-21(26)22(27)16-19)24(31)11-8-14-30(35(4,33)34)20-10-7-9-18(3)15-20/h7,9-10,12-13,15-16,23H,5-6,8,11,14,17H2,1-4H3,(H,28,32)/t23-/m1/s1. The minimum atomic E-state index is -3.53. The van der Waals surface area contributed by atoms with Crippen LogP contribution in [0.3, 0.4) is 0 Å². The first-order chi connectivity index (χ1) is 16.5. The number of benzene rings is 2. The smallest absolute Gasteiger partial charge is 0.242 e. The van der Waals surface area contributed by atoms with Crippen LogP contribution in [0.1, 0.15) is 44.2 Å². The van der Waals surface area contributed by atoms with E-state index in [1.807, 2.05) is 26.8 Å². The summed E-state index contributed by atoms with van der Waals surface area (Å²) in [6, 6.07) is 11.6. The minimum Gasteiger partial charge on any atom is -0.355 e. The van der Waals surface area contributed by atoms with Crippen molar-refractivity contribution < 1.29 is 18.0 Å². The second kappa shape index (κ2) is 13.1. The van der Waals surface area contributed by atoms with Crippen LogP contribution in [0.2, 0.25) is 10.0 Å². The SMILES string of the molecule is CCNC(=O)[C@@H](CC)N(Cc1ccc(Cl)c(Cl)c1)C(=O)CCCN(c1cccc(C)c1)S(C)(=O)=O. The third kappa shape index (κ3) is 8.40. The zero-order valence-corrected chi connectivity index (χ0v) is 22.9. The average Bonchev–Trinajstić information content (AvgIpc) is 2.78. The number of carbonyl (C=O) groups is 2. The number of carbonyl (C=O) groups excluding carboxylic acids is 2. The molecule has 2 amide bonds. The lowest BCUT2D eigenvalue weighted by atomic mass is 10.1. The highest BCUT2D eigenvalue weighted by atomic mass is 35.5. The van der Waals surface area contributed by atoms with E-state index in [2.05, 4.69) is 5.32 Å². The average molecular weight is 543 g/mol. The molecule has 1 atom stereocenters. The van der Waals surface area contributed by atoms with Crippen molar-refractivity contribution >= 4 is 50.7 Å². The summed E-state index contributed by atoms with van der Waals surface area (Å²) in [4.78, 5) is 27.6. The van der Waals surface area contributed by atoms with Crippen LogP contribution in [0, 0.1) is 6.92 Å². The van der Waals surface area contributed by atoms with Crippen molar-refractivity contribution in [1.82, 2.24) is 10.2 Å². The summed E-state index contributed by atoms with van der Waals surface area (Å²) in [5.41, 5.74) is 2.24. The molecule has 0 fully saturated rings. The fourth-order valence-corrected chi connectivity index (χ4v) is 5.11. The number of nitrogens with zero attached hydrogens (tertiary/aromatic N) is 2. The van der Waals surface area contributed by atoms with E-state index in [1.165, 1.54) is 9.21 Å². The first kappa shape index (κ1) is 28.9. The predicted octanol–water partition coefficient (Wildman–Crippen LogP) is 4.79. The Labute approximate surface area is 218 Å². The van der Waals surface area contributed by atoms with Crippen molar-refractivity contribution in [3.8, 4) is 0 Å². The summed E-state index contributed by atoms with van der Waals surface area (Å²) >= 11 is 12.2. The second-order valence-electron chi connectivity index (χ2n) is 8.37. The first-order valence-electron chi connectivity index (χ1n) is 11.5. The van der Waals surface area contributed by atoms with Gasteiger partial charge in [0.1, 0.15) is 6.04 Å². The molecule has 2 rings (SSSR count). The van der Waals surface area contributed by atoms with Crippen molar-refractivity contribution in [2.75, 3.05) is 23.7 Å². The molecule has 0 aromatic heterocycles. The van der Waals surface area contributed by atoms with Crippen LogP contribution < -0.4 is 9.62 Å². The van der Waals surface area contributed by atoms with Gasteiger partial charge in [-0.2, -0.15) is 0 Å². The molecule has 0 saturated heterocycles. The molecule has 1 N–H and O–H groups in total. The normalized spacial score (nSPS) is 12.2. The number of aryl methyl sites for hydroxylation is 1. The van der Waals surface area contributed by atoms with Crippen LogP contribution >= 0.6 is 23.2 Å². The van der Waals surface area contributed by atoms with Crippen LogP contribution in [0.4, 0.5) is 5.69 Å². The van der Waals surface area contributed by atoms with Crippen LogP contribution in [0.15, 0.2) is 42.5 Å². The summed E-state index contributed by atoms with van der Waals surface area (Å²) in [5, 5.41) is 3.56. The van der Waals surface area contributed by atoms with Gasteiger partial charge in [0.2, 0.25) is 21.8 Å². The van der Waals surface area contributed by atoms with Crippen molar-refractivity contribution in [3.05, 3.63) is 63.6 Å². The Morgan fingerprint density at radius 2 is 1.77 bits per heavy atom. The summed E-state index contributed by atoms with van der Waals surface area (Å²) in [5.74, 6) is -0.479. The van der Waals surface area contributed by atoms with Gasteiger partial charge in [0.25, 0.3) is 0 Å². The molecule has 2 aromatic carbocycles. The lowest BCUT2D eigenvalue weighted by molar-refractivity contribution is -0.141. The number of rotatable bonds is 12. The Hall–Kier alpha value is -2.29. The maximum atomic E-state index is 13.3. The molecule has 0 aliphatic rings. The second-order valence-corrected chi connectivity index (χ2v) is 11.1. The van der Waals surface area contributed by atoms with Crippen molar-refractivity contribution in [3.63, 3.8) is 0 Å². The molecule has 10 heteroatoms. The van der Waals surface area contributed by atoms with Gasteiger partial charge >= 0.3 is 0 Å². The third-order valence-electron chi connectivity index (χ3n) is 5.52. The molecule has 2 aromatic rings. The summed E-state index contributed by atoms with van der Waals surface area (Å²) in [6.07, 6.45) is 1.95. The molecule has 0 saturated carbocycles. The van der Waals surface area contributed by atoms with Gasteiger partial charge in [0.15, 0.2) is 0 Å². The molecule has 35 heavy (non-hydrogen) atoms. The van der Waals surface area contributed by atoms with E-state index < -0.39 is 16.1 Å². The Kier molecular flexibility index (Phi) is 10.9. The number of amides is 2. The number of halogens is 2. The topological polar surface area (TPSA) is 86.8 Å². The van der Waals surface area contributed by atoms with E-state index in [0.717, 1.165) is 17.4 Å². The minimum absolute atomic E-state index is 0.0784. The van der Waals surface area contributed by atoms with E-state index in [9.17, 15) is 18.0 Å². The van der Waals surface area contributed by atoms with Gasteiger partial charge in [-0.1, -0.05) is 48.3 Å². The largest absolute Gasteiger partial charge is 0.355 e. The fourth-order valence-electron chi connectivity index (χ4n) is 3.83. The fraction of sp³-hybridized carbons (Fsp3) is 0.440. The number of sulfonamides is 1. The lowest BCUT2D eigenvalue weighted by Crippen LogP contribution is -2.49. The highest BCUT2D eigenvalue weighted by molar-refractivity contribution is 7.92. The zero-order chi connectivity index (χ0) is 26.2. The van der Waals surface area contributed by atoms with Crippen LogP contribution in [0.5, 0.6) is 0 Å². The third-order valence-corrected chi connectivity index (χ3v) is 7.45. The van der Waals surface area contributed by atoms with Gasteiger partial charge in [-0.15, -0.1) is 0 Å². The van der Waals surface area contributed by atoms with E-state index in [1.54, 1.807) is 36.4 Å². The van der Waals surface area contributed by atoms with Gasteiger partial charge in [0.05, 0.1) is 22.0 Å². The molecular formula is C25H33Cl2N3O4S. The Morgan fingerprint density at radius 1 is 1.06 bits per heavy atom. The van der Waals surface area contributed by atoms with Crippen molar-refractivity contribution in [2.24, 2.45) is 0 Å². The summed E-state index contributed by atoms with van der Waals surface area (Å²) in [7, 11) is -3.53. The molecule has 7 nitrogen and oxygen atoms in total. The lowest BCUT2D eigenvalue weighted by Gasteiger charge is -2.31. The maximum absolute atomic E-state index is 13.3. The predicted molar refractivity (Wildman–Crippen MR) is 142 cm³/mol. The van der Waals surface area contributed by atoms with Crippen LogP contribution in [-0.2, 0) is 26.2 Å². The molecule has 192 valence electrons. The number of hydrogen-bond acceptors (Lipinski definition) is 4. The summed E-state index contributed by atoms with van der Waals surface area (Å²) in [6.45, 7) is 6.33. The monoisotopic (exact) mass is 541 g/mol. The maximum Gasteiger partial charge on any atom is 0.242 e. The molecule has 0 radical (unpaired) electrons. The molecule has 0 bridgehead atoms. The molecule has 0 aliphatic heterocycles. The van der Waals surface area contributed by atoms with Gasteiger partial charge in [-0.3, -0.25) is 13.9 Å². The highest BCUT2D eigenvalue weighted by Gasteiger charge is 2.28. The number of likely N-dealkylation sites (N-methyl/N-ethyl adjacent to an activating group) is 1. The molecule has 0 heterocycles. The Bertz CT molecular complexity index is 1140. The van der Waals surface area contributed by atoms with E-state index in [0.29, 0.717) is 35.1 Å². The number of nitrogens with one attached hydrogen (secondary N) is 1. The van der Waals surface area contributed by atoms with E-state index >= 15 is 0 Å². The molecule has 0 aliphatic carbocycles. The first-order valence-corrected chi connectivity index (χ1v) is 14.1. The number of anilines is 1. The van der Waals surface area contributed by atoms with Gasteiger partial charge in [-0.25, -0.2) is 8.42 Å². The van der Waals surface area contributed by atoms with Gasteiger partial charge < -0.3 is 10.2 Å². The molecule has 0 spiro atoms. The molecule has 0 unspecified atom stereocenters. The van der Waals surface area contributed by atoms with Gasteiger partial charge in [-0.05, 0) is 62.1 Å². The highest BCUT2D eigenvalue weighted by Crippen LogP contribution is 2.25. The Morgan fingerprint density at radius 3 is 2.34 bits per heavy atom. The molecular weight excluding hydrogens is 509 g/mol. The summed E-state index contributed by atoms with van der Waals surface area (Å²) < 4.78 is 26.2. The van der Waals surface area contributed by atoms with Crippen LogP contribution in [0.25, 0.3) is 0 Å². The van der Waals surface area contributed by atoms with Crippen LogP contribution in [-0.4, -0.2) is 50.5 Å². The van der Waals surface area contributed by atoms with E-state index in [4.69, 9.17) is 23.2 Å². The van der Waals surface area contributed by atoms with E-state index in [-0.39, 0.29) is 31.3 Å². The van der Waals surface area contributed by atoms with Gasteiger partial charge in [0, 0.05) is 26.1 Å². The zero-order valence-electron chi connectivity index (χ0n) is 20.6. The van der Waals surface area contributed by atoms with Crippen molar-refractivity contribution in [1.29, 1.82) is 0 Å².